The molecule has 0 aliphatic heterocycles. The Kier molecular flexibility index (Phi) is 7.93. The molecule has 0 fully saturated rings. The second-order valence-corrected chi connectivity index (χ2v) is 7.90. The zero-order chi connectivity index (χ0) is 20.0. The molecule has 0 aromatic heterocycles. The number of allylic oxidation sites excluding steroid dienone is 2. The van der Waals surface area contributed by atoms with Gasteiger partial charge >= 0.3 is 19.5 Å². The summed E-state index contributed by atoms with van der Waals surface area (Å²) >= 11 is 0. The Bertz CT molecular complexity index is 668. The number of ether oxygens (including phenoxy) is 2. The van der Waals surface area contributed by atoms with Crippen molar-refractivity contribution in [1.82, 2.24) is 0 Å². The van der Waals surface area contributed by atoms with E-state index in [2.05, 4.69) is 4.74 Å². The number of carbonyl (C=O) groups excluding carboxylic acids is 3. The van der Waals surface area contributed by atoms with Gasteiger partial charge in [-0.05, 0) is 39.7 Å². The lowest BCUT2D eigenvalue weighted by atomic mass is 9.82. The van der Waals surface area contributed by atoms with Gasteiger partial charge in [-0.1, -0.05) is 5.57 Å². The molecule has 1 aliphatic carbocycles. The maximum Gasteiger partial charge on any atom is 0.349 e. The third-order valence-electron chi connectivity index (χ3n) is 4.05. The normalized spacial score (nSPS) is 21.2. The van der Waals surface area contributed by atoms with Crippen LogP contribution in [0.5, 0.6) is 0 Å². The van der Waals surface area contributed by atoms with Crippen molar-refractivity contribution in [2.24, 2.45) is 0 Å². The van der Waals surface area contributed by atoms with Crippen LogP contribution in [0.1, 0.15) is 33.6 Å². The first-order chi connectivity index (χ1) is 12.2. The quantitative estimate of drug-likeness (QED) is 0.355. The second kappa shape index (κ2) is 9.26. The minimum Gasteiger partial charge on any atom is -0.466 e. The summed E-state index contributed by atoms with van der Waals surface area (Å²) in [5.74, 6) is -2.49. The number of methoxy groups -OCH3 is 2. The number of rotatable bonds is 8. The Morgan fingerprint density at radius 3 is 2.19 bits per heavy atom. The van der Waals surface area contributed by atoms with Crippen LogP contribution in [-0.4, -0.2) is 50.3 Å². The van der Waals surface area contributed by atoms with Gasteiger partial charge in [-0.2, -0.15) is 0 Å². The number of esters is 2. The summed E-state index contributed by atoms with van der Waals surface area (Å²) in [6, 6.07) is 0. The summed E-state index contributed by atoms with van der Waals surface area (Å²) in [6.07, 6.45) is 2.46. The molecular weight excluding hydrogens is 363 g/mol. The molecule has 0 amide bonds. The first kappa shape index (κ1) is 22.3. The van der Waals surface area contributed by atoms with Crippen LogP contribution in [0.2, 0.25) is 0 Å². The van der Waals surface area contributed by atoms with Crippen LogP contribution in [0.3, 0.4) is 0 Å². The monoisotopic (exact) mass is 388 g/mol. The summed E-state index contributed by atoms with van der Waals surface area (Å²) in [4.78, 5) is 37.3. The van der Waals surface area contributed by atoms with Gasteiger partial charge in [0.15, 0.2) is 10.9 Å². The molecule has 146 valence electrons. The van der Waals surface area contributed by atoms with E-state index in [-0.39, 0.29) is 19.6 Å². The van der Waals surface area contributed by atoms with Crippen molar-refractivity contribution in [3.8, 4) is 0 Å². The number of carbonyl (C=O) groups is 3. The Hall–Kier alpha value is -1.76. The van der Waals surface area contributed by atoms with Gasteiger partial charge in [-0.3, -0.25) is 9.36 Å². The molecule has 0 radical (unpaired) electrons. The zero-order valence-electron chi connectivity index (χ0n) is 15.7. The molecule has 0 N–H and O–H groups in total. The topological polar surface area (TPSA) is 105 Å². The van der Waals surface area contributed by atoms with Crippen molar-refractivity contribution in [2.45, 2.75) is 38.8 Å². The highest BCUT2D eigenvalue weighted by Gasteiger charge is 2.61. The molecule has 0 aromatic rings. The molecule has 0 saturated carbocycles. The molecule has 0 aromatic carbocycles. The fraction of sp³-hybridized carbons (Fsp3) is 0.588. The molecule has 0 saturated heterocycles. The van der Waals surface area contributed by atoms with Crippen LogP contribution in [0.4, 0.5) is 0 Å². The molecule has 26 heavy (non-hydrogen) atoms. The van der Waals surface area contributed by atoms with E-state index in [4.69, 9.17) is 13.8 Å². The van der Waals surface area contributed by atoms with Gasteiger partial charge in [-0.25, -0.2) is 9.59 Å². The van der Waals surface area contributed by atoms with Crippen molar-refractivity contribution in [1.29, 1.82) is 0 Å². The van der Waals surface area contributed by atoms with Crippen molar-refractivity contribution in [2.75, 3.05) is 27.4 Å². The van der Waals surface area contributed by atoms with E-state index in [0.29, 0.717) is 6.42 Å². The predicted molar refractivity (Wildman–Crippen MR) is 93.7 cm³/mol. The van der Waals surface area contributed by atoms with Crippen molar-refractivity contribution in [3.05, 3.63) is 23.3 Å². The molecular formula is C17H25O8P. The number of hydrogen-bond donors (Lipinski definition) is 0. The predicted octanol–water partition coefficient (Wildman–Crippen LogP) is 2.57. The van der Waals surface area contributed by atoms with Gasteiger partial charge in [0.05, 0.1) is 33.0 Å². The maximum atomic E-state index is 13.6. The third kappa shape index (κ3) is 4.14. The molecule has 1 atom stereocenters. The Labute approximate surface area is 153 Å². The van der Waals surface area contributed by atoms with E-state index in [1.165, 1.54) is 6.08 Å². The summed E-state index contributed by atoms with van der Waals surface area (Å²) < 4.78 is 33.7. The van der Waals surface area contributed by atoms with Crippen LogP contribution in [-0.2, 0) is 37.5 Å². The van der Waals surface area contributed by atoms with Crippen LogP contribution in [0.25, 0.3) is 0 Å². The van der Waals surface area contributed by atoms with Gasteiger partial charge in [0, 0.05) is 6.08 Å². The first-order valence-electron chi connectivity index (χ1n) is 8.21. The zero-order valence-corrected chi connectivity index (χ0v) is 16.6. The number of ketones is 1. The van der Waals surface area contributed by atoms with E-state index < -0.39 is 36.0 Å². The van der Waals surface area contributed by atoms with Gasteiger partial charge < -0.3 is 18.5 Å². The van der Waals surface area contributed by atoms with Gasteiger partial charge in [0.2, 0.25) is 0 Å². The Morgan fingerprint density at radius 1 is 1.19 bits per heavy atom. The summed E-state index contributed by atoms with van der Waals surface area (Å²) in [5, 5.41) is -1.97. The smallest absolute Gasteiger partial charge is 0.349 e. The molecule has 0 bridgehead atoms. The minimum absolute atomic E-state index is 0.0122. The lowest BCUT2D eigenvalue weighted by molar-refractivity contribution is -0.139. The summed E-state index contributed by atoms with van der Waals surface area (Å²) in [5.41, 5.74) is 0.360. The van der Waals surface area contributed by atoms with Crippen LogP contribution < -0.4 is 0 Å². The molecule has 8 nitrogen and oxygen atoms in total. The second-order valence-electron chi connectivity index (χ2n) is 5.62. The van der Waals surface area contributed by atoms with E-state index in [9.17, 15) is 18.9 Å². The first-order valence-corrected chi connectivity index (χ1v) is 9.75. The molecule has 1 rings (SSSR count). The lowest BCUT2D eigenvalue weighted by Gasteiger charge is -2.39. The molecule has 0 heterocycles. The van der Waals surface area contributed by atoms with Gasteiger partial charge in [0.1, 0.15) is 0 Å². The number of hydrogen-bond acceptors (Lipinski definition) is 8. The minimum atomic E-state index is -4.17. The summed E-state index contributed by atoms with van der Waals surface area (Å²) in [6.45, 7) is 4.91. The average Bonchev–Trinajstić information content (AvgIpc) is 2.59. The van der Waals surface area contributed by atoms with E-state index >= 15 is 0 Å². The largest absolute Gasteiger partial charge is 0.466 e. The SMILES string of the molecule is CCOP(=O)(OCC)C1(/C(=C/C(=O)OC)C(=O)OC)CCC(C)=CC1=O. The third-order valence-corrected chi connectivity index (χ3v) is 6.86. The summed E-state index contributed by atoms with van der Waals surface area (Å²) in [7, 11) is -1.95. The van der Waals surface area contributed by atoms with Crippen LogP contribution >= 0.6 is 7.60 Å². The average molecular weight is 388 g/mol. The fourth-order valence-electron chi connectivity index (χ4n) is 2.83. The Morgan fingerprint density at radius 2 is 1.77 bits per heavy atom. The Balaban J connectivity index is 3.81. The molecule has 0 spiro atoms. The molecule has 1 aliphatic rings. The van der Waals surface area contributed by atoms with E-state index in [1.807, 2.05) is 0 Å². The van der Waals surface area contributed by atoms with Crippen molar-refractivity contribution >= 4 is 25.3 Å². The molecule has 1 unspecified atom stereocenters. The van der Waals surface area contributed by atoms with Crippen LogP contribution in [0, 0.1) is 0 Å². The standard InChI is InChI=1S/C17H25O8P/c1-6-24-26(21,25-7-2)17(9-8-12(3)10-14(17)18)13(16(20)23-5)11-15(19)22-4/h10-11H,6-9H2,1-5H3/b13-11+. The van der Waals surface area contributed by atoms with Crippen molar-refractivity contribution < 1.29 is 37.5 Å². The van der Waals surface area contributed by atoms with Gasteiger partial charge in [-0.15, -0.1) is 0 Å². The van der Waals surface area contributed by atoms with Crippen molar-refractivity contribution in [3.63, 3.8) is 0 Å². The highest BCUT2D eigenvalue weighted by atomic mass is 31.2. The molecule has 9 heteroatoms. The van der Waals surface area contributed by atoms with E-state index in [0.717, 1.165) is 25.9 Å². The maximum absolute atomic E-state index is 13.6. The fourth-order valence-corrected chi connectivity index (χ4v) is 5.20. The lowest BCUT2D eigenvalue weighted by Crippen LogP contribution is -2.46. The highest BCUT2D eigenvalue weighted by Crippen LogP contribution is 2.66. The van der Waals surface area contributed by atoms with E-state index in [1.54, 1.807) is 20.8 Å². The van der Waals surface area contributed by atoms with Gasteiger partial charge in [0.25, 0.3) is 0 Å². The highest BCUT2D eigenvalue weighted by molar-refractivity contribution is 7.57. The van der Waals surface area contributed by atoms with Crippen LogP contribution in [0.15, 0.2) is 23.3 Å².